The fraction of sp³-hybridized carbons (Fsp3) is 0.667. The molecule has 1 aliphatic heterocycles. The molecule has 0 atom stereocenters. The van der Waals surface area contributed by atoms with Crippen LogP contribution in [0.5, 0.6) is 0 Å². The Bertz CT molecular complexity index is 495. The molecule has 3 rings (SSSR count). The van der Waals surface area contributed by atoms with Gasteiger partial charge in [0.15, 0.2) is 0 Å². The Morgan fingerprint density at radius 3 is 2.48 bits per heavy atom. The fourth-order valence-electron chi connectivity index (χ4n) is 3.68. The Morgan fingerprint density at radius 2 is 1.74 bits per heavy atom. The molecular formula is C18H27Cl2N3. The second-order valence-corrected chi connectivity index (χ2v) is 7.48. The number of nitrogens with zero attached hydrogens (tertiary/aromatic N) is 2. The van der Waals surface area contributed by atoms with Gasteiger partial charge < -0.3 is 10.2 Å². The predicted molar refractivity (Wildman–Crippen MR) is 100.0 cm³/mol. The van der Waals surface area contributed by atoms with Crippen molar-refractivity contribution in [3.05, 3.63) is 28.2 Å². The zero-order chi connectivity index (χ0) is 16.1. The average molecular weight is 356 g/mol. The standard InChI is InChI=1S/C18H27Cl2N3/c19-16-7-4-8-17(18(16)20)23-13-11-22(12-14-23)10-9-21-15-5-2-1-3-6-15/h4,7-8,15,21H,1-3,5-6,9-14H2. The SMILES string of the molecule is Clc1cccc(N2CCN(CCNC3CCCCC3)CC2)c1Cl. The molecule has 1 saturated carbocycles. The summed E-state index contributed by atoms with van der Waals surface area (Å²) < 4.78 is 0. The molecule has 1 aromatic carbocycles. The van der Waals surface area contributed by atoms with Crippen LogP contribution in [0.4, 0.5) is 5.69 Å². The minimum absolute atomic E-state index is 0.642. The molecule has 2 fully saturated rings. The Kier molecular flexibility index (Phi) is 6.46. The second kappa shape index (κ2) is 8.57. The monoisotopic (exact) mass is 355 g/mol. The lowest BCUT2D eigenvalue weighted by atomic mass is 9.95. The molecule has 0 unspecified atom stereocenters. The minimum atomic E-state index is 0.642. The number of hydrogen-bond acceptors (Lipinski definition) is 3. The van der Waals surface area contributed by atoms with Crippen molar-refractivity contribution in [2.75, 3.05) is 44.2 Å². The van der Waals surface area contributed by atoms with Gasteiger partial charge in [-0.1, -0.05) is 48.5 Å². The van der Waals surface area contributed by atoms with Gasteiger partial charge in [-0.3, -0.25) is 4.90 Å². The highest BCUT2D eigenvalue weighted by atomic mass is 35.5. The van der Waals surface area contributed by atoms with E-state index < -0.39 is 0 Å². The predicted octanol–water partition coefficient (Wildman–Crippen LogP) is 4.04. The van der Waals surface area contributed by atoms with Gasteiger partial charge in [-0.15, -0.1) is 0 Å². The minimum Gasteiger partial charge on any atom is -0.368 e. The average Bonchev–Trinajstić information content (AvgIpc) is 2.59. The zero-order valence-corrected chi connectivity index (χ0v) is 15.2. The fourth-order valence-corrected chi connectivity index (χ4v) is 4.10. The summed E-state index contributed by atoms with van der Waals surface area (Å²) >= 11 is 12.5. The number of piperazine rings is 1. The lowest BCUT2D eigenvalue weighted by Crippen LogP contribution is -2.49. The van der Waals surface area contributed by atoms with E-state index in [0.29, 0.717) is 10.0 Å². The lowest BCUT2D eigenvalue weighted by molar-refractivity contribution is 0.248. The first-order valence-corrected chi connectivity index (χ1v) is 9.64. The quantitative estimate of drug-likeness (QED) is 0.859. The largest absolute Gasteiger partial charge is 0.368 e. The Balaban J connectivity index is 1.40. The van der Waals surface area contributed by atoms with Crippen LogP contribution in [-0.2, 0) is 0 Å². The Hall–Kier alpha value is -0.480. The van der Waals surface area contributed by atoms with Crippen molar-refractivity contribution >= 4 is 28.9 Å². The molecule has 2 aliphatic rings. The third kappa shape index (κ3) is 4.76. The molecule has 1 N–H and O–H groups in total. The molecule has 0 bridgehead atoms. The summed E-state index contributed by atoms with van der Waals surface area (Å²) in [6.45, 7) is 6.48. The molecule has 1 aromatic rings. The van der Waals surface area contributed by atoms with Gasteiger partial charge in [-0.25, -0.2) is 0 Å². The first-order valence-electron chi connectivity index (χ1n) is 8.89. The number of halogens is 2. The summed E-state index contributed by atoms with van der Waals surface area (Å²) in [5.74, 6) is 0. The number of anilines is 1. The third-order valence-electron chi connectivity index (χ3n) is 5.11. The van der Waals surface area contributed by atoms with Crippen LogP contribution < -0.4 is 10.2 Å². The van der Waals surface area contributed by atoms with Crippen molar-refractivity contribution in [3.8, 4) is 0 Å². The van der Waals surface area contributed by atoms with Gasteiger partial charge in [0, 0.05) is 45.3 Å². The van der Waals surface area contributed by atoms with Gasteiger partial charge in [-0.2, -0.15) is 0 Å². The summed E-state index contributed by atoms with van der Waals surface area (Å²) in [7, 11) is 0. The van der Waals surface area contributed by atoms with Crippen LogP contribution in [0.3, 0.4) is 0 Å². The Labute approximate surface area is 149 Å². The maximum Gasteiger partial charge on any atom is 0.0825 e. The molecule has 1 heterocycles. The number of nitrogens with one attached hydrogen (secondary N) is 1. The van der Waals surface area contributed by atoms with Crippen LogP contribution in [0.15, 0.2) is 18.2 Å². The van der Waals surface area contributed by atoms with E-state index in [9.17, 15) is 0 Å². The first-order chi connectivity index (χ1) is 11.2. The highest BCUT2D eigenvalue weighted by Gasteiger charge is 2.20. The number of rotatable bonds is 5. The van der Waals surface area contributed by atoms with E-state index in [1.165, 1.54) is 32.1 Å². The van der Waals surface area contributed by atoms with Crippen molar-refractivity contribution in [3.63, 3.8) is 0 Å². The lowest BCUT2D eigenvalue weighted by Gasteiger charge is -2.37. The van der Waals surface area contributed by atoms with E-state index in [4.69, 9.17) is 23.2 Å². The number of benzene rings is 1. The van der Waals surface area contributed by atoms with E-state index in [1.807, 2.05) is 12.1 Å². The van der Waals surface area contributed by atoms with Crippen LogP contribution in [0.25, 0.3) is 0 Å². The van der Waals surface area contributed by atoms with Crippen LogP contribution in [0.2, 0.25) is 10.0 Å². The second-order valence-electron chi connectivity index (χ2n) is 6.69. The molecule has 1 aliphatic carbocycles. The maximum absolute atomic E-state index is 6.34. The molecule has 0 radical (unpaired) electrons. The third-order valence-corrected chi connectivity index (χ3v) is 5.92. The van der Waals surface area contributed by atoms with E-state index in [1.54, 1.807) is 0 Å². The topological polar surface area (TPSA) is 18.5 Å². The molecule has 23 heavy (non-hydrogen) atoms. The molecule has 1 saturated heterocycles. The van der Waals surface area contributed by atoms with Gasteiger partial charge >= 0.3 is 0 Å². The van der Waals surface area contributed by atoms with Crippen LogP contribution >= 0.6 is 23.2 Å². The molecule has 0 aromatic heterocycles. The molecule has 0 amide bonds. The molecule has 3 nitrogen and oxygen atoms in total. The summed E-state index contributed by atoms with van der Waals surface area (Å²) in [6.07, 6.45) is 6.95. The van der Waals surface area contributed by atoms with E-state index in [0.717, 1.165) is 51.0 Å². The molecule has 5 heteroatoms. The van der Waals surface area contributed by atoms with Gasteiger partial charge in [0.1, 0.15) is 0 Å². The summed E-state index contributed by atoms with van der Waals surface area (Å²) in [5.41, 5.74) is 1.07. The zero-order valence-electron chi connectivity index (χ0n) is 13.7. The van der Waals surface area contributed by atoms with Crippen LogP contribution in [0, 0.1) is 0 Å². The van der Waals surface area contributed by atoms with Crippen LogP contribution in [-0.4, -0.2) is 50.2 Å². The smallest absolute Gasteiger partial charge is 0.0825 e. The summed E-state index contributed by atoms with van der Waals surface area (Å²) in [6, 6.07) is 6.65. The van der Waals surface area contributed by atoms with Crippen molar-refractivity contribution in [1.29, 1.82) is 0 Å². The van der Waals surface area contributed by atoms with Gasteiger partial charge in [0.05, 0.1) is 15.7 Å². The molecule has 128 valence electrons. The van der Waals surface area contributed by atoms with E-state index in [-0.39, 0.29) is 0 Å². The number of hydrogen-bond donors (Lipinski definition) is 1. The molecule has 0 spiro atoms. The highest BCUT2D eigenvalue weighted by Crippen LogP contribution is 2.32. The normalized spacial score (nSPS) is 20.9. The van der Waals surface area contributed by atoms with Gasteiger partial charge in [0.25, 0.3) is 0 Å². The van der Waals surface area contributed by atoms with Crippen LogP contribution in [0.1, 0.15) is 32.1 Å². The van der Waals surface area contributed by atoms with Crippen molar-refractivity contribution in [1.82, 2.24) is 10.2 Å². The summed E-state index contributed by atoms with van der Waals surface area (Å²) in [4.78, 5) is 4.89. The Morgan fingerprint density at radius 1 is 1.00 bits per heavy atom. The van der Waals surface area contributed by atoms with Crippen molar-refractivity contribution < 1.29 is 0 Å². The highest BCUT2D eigenvalue weighted by molar-refractivity contribution is 6.43. The van der Waals surface area contributed by atoms with E-state index >= 15 is 0 Å². The first kappa shape index (κ1) is 17.3. The maximum atomic E-state index is 6.34. The summed E-state index contributed by atoms with van der Waals surface area (Å²) in [5, 5.41) is 5.06. The van der Waals surface area contributed by atoms with Gasteiger partial charge in [0.2, 0.25) is 0 Å². The molecular weight excluding hydrogens is 329 g/mol. The van der Waals surface area contributed by atoms with Crippen molar-refractivity contribution in [2.45, 2.75) is 38.1 Å². The van der Waals surface area contributed by atoms with Gasteiger partial charge in [-0.05, 0) is 25.0 Å². The van der Waals surface area contributed by atoms with E-state index in [2.05, 4.69) is 21.2 Å². The van der Waals surface area contributed by atoms with Crippen molar-refractivity contribution in [2.24, 2.45) is 0 Å².